The van der Waals surface area contributed by atoms with Gasteiger partial charge in [-0.1, -0.05) is 29.8 Å². The van der Waals surface area contributed by atoms with Gasteiger partial charge in [-0.05, 0) is 42.0 Å². The predicted molar refractivity (Wildman–Crippen MR) is 89.6 cm³/mol. The van der Waals surface area contributed by atoms with Gasteiger partial charge in [0.05, 0.1) is 4.88 Å². The third kappa shape index (κ3) is 3.74. The summed E-state index contributed by atoms with van der Waals surface area (Å²) in [4.78, 5) is 27.1. The van der Waals surface area contributed by atoms with E-state index in [1.54, 1.807) is 23.1 Å². The molecule has 1 aromatic heterocycles. The standard InChI is InChI=1S/C17H16ClNO3S/c18-13-5-1-4-12(10-13)11-22-17(21)14-6-2-8-19(14)16(20)15-7-3-9-23-15/h1,3-5,7,9-10,14H,2,6,8,11H2. The highest BCUT2D eigenvalue weighted by molar-refractivity contribution is 7.12. The predicted octanol–water partition coefficient (Wildman–Crippen LogP) is 3.75. The Morgan fingerprint density at radius 2 is 2.17 bits per heavy atom. The third-order valence-corrected chi connectivity index (χ3v) is 4.88. The zero-order chi connectivity index (χ0) is 16.2. The maximum atomic E-state index is 12.5. The Morgan fingerprint density at radius 3 is 2.91 bits per heavy atom. The van der Waals surface area contributed by atoms with Crippen LogP contribution >= 0.6 is 22.9 Å². The number of halogens is 1. The van der Waals surface area contributed by atoms with Crippen LogP contribution in [0, 0.1) is 0 Å². The van der Waals surface area contributed by atoms with Gasteiger partial charge in [-0.3, -0.25) is 4.79 Å². The molecule has 0 radical (unpaired) electrons. The number of ether oxygens (including phenoxy) is 1. The first-order valence-corrected chi connectivity index (χ1v) is 8.66. The lowest BCUT2D eigenvalue weighted by Crippen LogP contribution is -2.41. The summed E-state index contributed by atoms with van der Waals surface area (Å²) in [5.74, 6) is -0.449. The monoisotopic (exact) mass is 349 g/mol. The zero-order valence-corrected chi connectivity index (χ0v) is 14.0. The summed E-state index contributed by atoms with van der Waals surface area (Å²) < 4.78 is 5.38. The number of likely N-dealkylation sites (tertiary alicyclic amines) is 1. The summed E-state index contributed by atoms with van der Waals surface area (Å²) in [5, 5.41) is 2.46. The molecule has 0 bridgehead atoms. The number of esters is 1. The topological polar surface area (TPSA) is 46.6 Å². The fourth-order valence-electron chi connectivity index (χ4n) is 2.67. The quantitative estimate of drug-likeness (QED) is 0.790. The van der Waals surface area contributed by atoms with Crippen molar-refractivity contribution in [1.29, 1.82) is 0 Å². The molecular weight excluding hydrogens is 334 g/mol. The Bertz CT molecular complexity index is 702. The fraction of sp³-hybridized carbons (Fsp3) is 0.294. The van der Waals surface area contributed by atoms with Gasteiger partial charge in [0.1, 0.15) is 12.6 Å². The summed E-state index contributed by atoms with van der Waals surface area (Å²) in [6.45, 7) is 0.755. The molecule has 23 heavy (non-hydrogen) atoms. The normalized spacial score (nSPS) is 17.3. The Kier molecular flexibility index (Phi) is 4.98. The molecule has 6 heteroatoms. The van der Waals surface area contributed by atoms with Crippen LogP contribution in [-0.4, -0.2) is 29.4 Å². The summed E-state index contributed by atoms with van der Waals surface area (Å²) >= 11 is 7.30. The molecule has 1 aliphatic rings. The third-order valence-electron chi connectivity index (χ3n) is 3.79. The second-order valence-electron chi connectivity index (χ2n) is 5.37. The molecule has 2 heterocycles. The van der Waals surface area contributed by atoms with Gasteiger partial charge in [0.15, 0.2) is 0 Å². The number of rotatable bonds is 4. The number of thiophene rings is 1. The minimum absolute atomic E-state index is 0.0952. The van der Waals surface area contributed by atoms with Crippen molar-refractivity contribution in [2.45, 2.75) is 25.5 Å². The molecule has 1 saturated heterocycles. The highest BCUT2D eigenvalue weighted by atomic mass is 35.5. The van der Waals surface area contributed by atoms with E-state index in [1.807, 2.05) is 23.6 Å². The van der Waals surface area contributed by atoms with E-state index >= 15 is 0 Å². The van der Waals surface area contributed by atoms with Gasteiger partial charge in [0, 0.05) is 11.6 Å². The van der Waals surface area contributed by atoms with E-state index < -0.39 is 6.04 Å². The van der Waals surface area contributed by atoms with Crippen molar-refractivity contribution in [2.24, 2.45) is 0 Å². The van der Waals surface area contributed by atoms with Crippen molar-refractivity contribution >= 4 is 34.8 Å². The molecule has 3 rings (SSSR count). The Morgan fingerprint density at radius 1 is 1.30 bits per heavy atom. The van der Waals surface area contributed by atoms with E-state index in [-0.39, 0.29) is 18.5 Å². The van der Waals surface area contributed by atoms with Crippen molar-refractivity contribution in [3.8, 4) is 0 Å². The second-order valence-corrected chi connectivity index (χ2v) is 6.76. The molecule has 0 N–H and O–H groups in total. The van der Waals surface area contributed by atoms with Crippen LogP contribution < -0.4 is 0 Å². The molecule has 0 saturated carbocycles. The van der Waals surface area contributed by atoms with Gasteiger partial charge >= 0.3 is 5.97 Å². The van der Waals surface area contributed by atoms with Gasteiger partial charge in [-0.15, -0.1) is 11.3 Å². The van der Waals surface area contributed by atoms with E-state index in [9.17, 15) is 9.59 Å². The van der Waals surface area contributed by atoms with E-state index in [4.69, 9.17) is 16.3 Å². The van der Waals surface area contributed by atoms with Crippen molar-refractivity contribution < 1.29 is 14.3 Å². The lowest BCUT2D eigenvalue weighted by Gasteiger charge is -2.22. The van der Waals surface area contributed by atoms with E-state index in [0.29, 0.717) is 22.9 Å². The van der Waals surface area contributed by atoms with Crippen LogP contribution in [0.5, 0.6) is 0 Å². The van der Waals surface area contributed by atoms with Crippen LogP contribution in [0.25, 0.3) is 0 Å². The summed E-state index contributed by atoms with van der Waals surface area (Å²) in [7, 11) is 0. The average molecular weight is 350 g/mol. The average Bonchev–Trinajstić information content (AvgIpc) is 3.23. The van der Waals surface area contributed by atoms with Gasteiger partial charge in [-0.2, -0.15) is 0 Å². The van der Waals surface area contributed by atoms with E-state index in [2.05, 4.69) is 0 Å². The maximum absolute atomic E-state index is 12.5. The van der Waals surface area contributed by atoms with Crippen molar-refractivity contribution in [1.82, 2.24) is 4.90 Å². The smallest absolute Gasteiger partial charge is 0.329 e. The summed E-state index contributed by atoms with van der Waals surface area (Å²) in [6.07, 6.45) is 1.46. The number of carbonyl (C=O) groups is 2. The number of nitrogens with zero attached hydrogens (tertiary/aromatic N) is 1. The van der Waals surface area contributed by atoms with Crippen molar-refractivity contribution in [2.75, 3.05) is 6.54 Å². The molecule has 1 amide bonds. The van der Waals surface area contributed by atoms with Crippen molar-refractivity contribution in [3.05, 3.63) is 57.2 Å². The number of hydrogen-bond donors (Lipinski definition) is 0. The number of benzene rings is 1. The molecular formula is C17H16ClNO3S. The lowest BCUT2D eigenvalue weighted by atomic mass is 10.2. The van der Waals surface area contributed by atoms with Gasteiger partial charge in [0.2, 0.25) is 0 Å². The molecule has 0 aliphatic carbocycles. The van der Waals surface area contributed by atoms with Crippen LogP contribution in [0.15, 0.2) is 41.8 Å². The van der Waals surface area contributed by atoms with E-state index in [0.717, 1.165) is 12.0 Å². The minimum Gasteiger partial charge on any atom is -0.459 e. The first kappa shape index (κ1) is 16.0. The second kappa shape index (κ2) is 7.15. The van der Waals surface area contributed by atoms with Gasteiger partial charge < -0.3 is 9.64 Å². The highest BCUT2D eigenvalue weighted by Gasteiger charge is 2.35. The van der Waals surface area contributed by atoms with Crippen LogP contribution in [0.3, 0.4) is 0 Å². The van der Waals surface area contributed by atoms with Crippen LogP contribution in [-0.2, 0) is 16.1 Å². The maximum Gasteiger partial charge on any atom is 0.329 e. The molecule has 120 valence electrons. The highest BCUT2D eigenvalue weighted by Crippen LogP contribution is 2.23. The van der Waals surface area contributed by atoms with Crippen LogP contribution in [0.2, 0.25) is 5.02 Å². The lowest BCUT2D eigenvalue weighted by molar-refractivity contribution is -0.149. The molecule has 1 unspecified atom stereocenters. The molecule has 1 atom stereocenters. The van der Waals surface area contributed by atoms with Gasteiger partial charge in [0.25, 0.3) is 5.91 Å². The Hall–Kier alpha value is -1.85. The number of carbonyl (C=O) groups excluding carboxylic acids is 2. The zero-order valence-electron chi connectivity index (χ0n) is 12.4. The molecule has 0 spiro atoms. The first-order chi connectivity index (χ1) is 11.1. The fourth-order valence-corrected chi connectivity index (χ4v) is 3.57. The number of amides is 1. The molecule has 1 aromatic carbocycles. The van der Waals surface area contributed by atoms with Gasteiger partial charge in [-0.25, -0.2) is 4.79 Å². The molecule has 1 fully saturated rings. The largest absolute Gasteiger partial charge is 0.459 e. The molecule has 4 nitrogen and oxygen atoms in total. The first-order valence-electron chi connectivity index (χ1n) is 7.41. The van der Waals surface area contributed by atoms with Crippen LogP contribution in [0.4, 0.5) is 0 Å². The van der Waals surface area contributed by atoms with E-state index in [1.165, 1.54) is 11.3 Å². The van der Waals surface area contributed by atoms with Crippen LogP contribution in [0.1, 0.15) is 28.1 Å². The number of hydrogen-bond acceptors (Lipinski definition) is 4. The Balaban J connectivity index is 1.63. The Labute approximate surface area is 143 Å². The molecule has 1 aliphatic heterocycles. The minimum atomic E-state index is -0.496. The summed E-state index contributed by atoms with van der Waals surface area (Å²) in [6, 6.07) is 10.3. The summed E-state index contributed by atoms with van der Waals surface area (Å²) in [5.41, 5.74) is 0.833. The van der Waals surface area contributed by atoms with Crippen molar-refractivity contribution in [3.63, 3.8) is 0 Å². The molecule has 2 aromatic rings. The SMILES string of the molecule is O=C(OCc1cccc(Cl)c1)C1CCCN1C(=O)c1cccs1.